The first-order valence-electron chi connectivity index (χ1n) is 7.88. The van der Waals surface area contributed by atoms with Gasteiger partial charge in [-0.3, -0.25) is 4.79 Å². The van der Waals surface area contributed by atoms with Gasteiger partial charge in [0.2, 0.25) is 0 Å². The van der Waals surface area contributed by atoms with Gasteiger partial charge < -0.3 is 15.5 Å². The van der Waals surface area contributed by atoms with Crippen LogP contribution in [0.5, 0.6) is 0 Å². The van der Waals surface area contributed by atoms with Crippen molar-refractivity contribution >= 4 is 28.8 Å². The van der Waals surface area contributed by atoms with Crippen LogP contribution >= 0.6 is 11.3 Å². The summed E-state index contributed by atoms with van der Waals surface area (Å²) in [5.41, 5.74) is 1.24. The van der Waals surface area contributed by atoms with Gasteiger partial charge in [-0.2, -0.15) is 4.39 Å². The summed E-state index contributed by atoms with van der Waals surface area (Å²) in [5, 5.41) is 20.8. The lowest BCUT2D eigenvalue weighted by atomic mass is 10.1. The third-order valence-corrected chi connectivity index (χ3v) is 4.68. The van der Waals surface area contributed by atoms with Crippen LogP contribution < -0.4 is 5.32 Å². The lowest BCUT2D eigenvalue weighted by Crippen LogP contribution is -2.07. The SMILES string of the molecule is Cc1nc(-c2ccc(F)s2)nc(Nc2ccc(CC(=O)O)cc2F)c1CO. The van der Waals surface area contributed by atoms with Crippen molar-refractivity contribution in [2.75, 3.05) is 5.32 Å². The van der Waals surface area contributed by atoms with E-state index in [-0.39, 0.29) is 35.5 Å². The van der Waals surface area contributed by atoms with E-state index in [4.69, 9.17) is 5.11 Å². The third-order valence-electron chi connectivity index (χ3n) is 3.81. The molecule has 0 aliphatic carbocycles. The van der Waals surface area contributed by atoms with Gasteiger partial charge in [-0.25, -0.2) is 14.4 Å². The van der Waals surface area contributed by atoms with Gasteiger partial charge in [0.25, 0.3) is 0 Å². The van der Waals surface area contributed by atoms with Crippen LogP contribution in [-0.4, -0.2) is 26.2 Å². The minimum absolute atomic E-state index is 0.0697. The Labute approximate surface area is 157 Å². The van der Waals surface area contributed by atoms with Crippen molar-refractivity contribution in [3.63, 3.8) is 0 Å². The second-order valence-corrected chi connectivity index (χ2v) is 6.77. The van der Waals surface area contributed by atoms with Crippen LogP contribution in [-0.2, 0) is 17.8 Å². The number of nitrogens with zero attached hydrogens (tertiary/aromatic N) is 2. The first-order valence-corrected chi connectivity index (χ1v) is 8.70. The highest BCUT2D eigenvalue weighted by atomic mass is 32.1. The number of hydrogen-bond donors (Lipinski definition) is 3. The standard InChI is InChI=1S/C18H15F2N3O3S/c1-9-11(8-24)17(23-18(21-9)14-4-5-15(20)27-14)22-13-3-2-10(6-12(13)19)7-16(25)26/h2-6,24H,7-8H2,1H3,(H,25,26)(H,21,22,23). The fourth-order valence-electron chi connectivity index (χ4n) is 2.51. The number of aliphatic hydroxyl groups excluding tert-OH is 1. The molecule has 0 radical (unpaired) electrons. The molecule has 0 fully saturated rings. The number of aromatic nitrogens is 2. The summed E-state index contributed by atoms with van der Waals surface area (Å²) in [5.74, 6) is -1.27. The van der Waals surface area contributed by atoms with Gasteiger partial charge in [0.15, 0.2) is 11.0 Å². The van der Waals surface area contributed by atoms with Crippen molar-refractivity contribution in [2.24, 2.45) is 0 Å². The van der Waals surface area contributed by atoms with Crippen LogP contribution in [0.25, 0.3) is 10.7 Å². The molecule has 0 bridgehead atoms. The van der Waals surface area contributed by atoms with Crippen molar-refractivity contribution in [1.29, 1.82) is 0 Å². The highest BCUT2D eigenvalue weighted by molar-refractivity contribution is 7.13. The number of aliphatic hydroxyl groups is 1. The lowest BCUT2D eigenvalue weighted by molar-refractivity contribution is -0.136. The van der Waals surface area contributed by atoms with Gasteiger partial charge in [0, 0.05) is 11.3 Å². The number of carbonyl (C=O) groups is 1. The van der Waals surface area contributed by atoms with Crippen molar-refractivity contribution in [3.8, 4) is 10.7 Å². The number of rotatable bonds is 6. The Hall–Kier alpha value is -2.91. The van der Waals surface area contributed by atoms with E-state index in [0.717, 1.165) is 17.4 Å². The van der Waals surface area contributed by atoms with Crippen molar-refractivity contribution < 1.29 is 23.8 Å². The van der Waals surface area contributed by atoms with Gasteiger partial charge in [-0.05, 0) is 36.8 Å². The maximum atomic E-state index is 14.3. The third kappa shape index (κ3) is 4.26. The minimum atomic E-state index is -1.06. The molecule has 1 aromatic carbocycles. The van der Waals surface area contributed by atoms with Gasteiger partial charge in [-0.1, -0.05) is 6.07 Å². The van der Waals surface area contributed by atoms with Crippen LogP contribution in [0.4, 0.5) is 20.3 Å². The van der Waals surface area contributed by atoms with Crippen LogP contribution in [0.15, 0.2) is 30.3 Å². The zero-order valence-electron chi connectivity index (χ0n) is 14.2. The summed E-state index contributed by atoms with van der Waals surface area (Å²) in [7, 11) is 0. The molecule has 0 aliphatic rings. The molecule has 6 nitrogen and oxygen atoms in total. The lowest BCUT2D eigenvalue weighted by Gasteiger charge is -2.14. The van der Waals surface area contributed by atoms with E-state index in [1.165, 1.54) is 18.2 Å². The fraction of sp³-hybridized carbons (Fsp3) is 0.167. The summed E-state index contributed by atoms with van der Waals surface area (Å²) in [6.07, 6.45) is -0.292. The van der Waals surface area contributed by atoms with E-state index >= 15 is 0 Å². The molecule has 2 aromatic heterocycles. The number of halogens is 2. The van der Waals surface area contributed by atoms with Gasteiger partial charge in [-0.15, -0.1) is 11.3 Å². The highest BCUT2D eigenvalue weighted by Crippen LogP contribution is 2.29. The summed E-state index contributed by atoms with van der Waals surface area (Å²) < 4.78 is 27.6. The molecule has 0 spiro atoms. The predicted octanol–water partition coefficient (Wildman–Crippen LogP) is 3.65. The number of thiophene rings is 1. The number of aliphatic carboxylic acids is 1. The smallest absolute Gasteiger partial charge is 0.307 e. The number of aryl methyl sites for hydroxylation is 1. The molecule has 3 aromatic rings. The summed E-state index contributed by atoms with van der Waals surface area (Å²) in [6, 6.07) is 6.85. The molecule has 0 unspecified atom stereocenters. The molecular weight excluding hydrogens is 376 g/mol. The van der Waals surface area contributed by atoms with E-state index < -0.39 is 11.8 Å². The van der Waals surface area contributed by atoms with Crippen molar-refractivity contribution in [2.45, 2.75) is 20.0 Å². The summed E-state index contributed by atoms with van der Waals surface area (Å²) >= 11 is 0.877. The number of carboxylic acids is 1. The molecule has 2 heterocycles. The van der Waals surface area contributed by atoms with Crippen molar-refractivity contribution in [1.82, 2.24) is 9.97 Å². The van der Waals surface area contributed by atoms with E-state index in [1.54, 1.807) is 13.0 Å². The van der Waals surface area contributed by atoms with Gasteiger partial charge >= 0.3 is 5.97 Å². The van der Waals surface area contributed by atoms with E-state index in [1.807, 2.05) is 0 Å². The normalized spacial score (nSPS) is 10.8. The Balaban J connectivity index is 1.98. The maximum Gasteiger partial charge on any atom is 0.307 e. The molecule has 3 rings (SSSR count). The second kappa shape index (κ2) is 7.77. The molecule has 0 aliphatic heterocycles. The van der Waals surface area contributed by atoms with E-state index in [2.05, 4.69) is 15.3 Å². The molecule has 9 heteroatoms. The van der Waals surface area contributed by atoms with Gasteiger partial charge in [0.05, 0.1) is 23.6 Å². The van der Waals surface area contributed by atoms with Gasteiger partial charge in [0.1, 0.15) is 11.6 Å². The Morgan fingerprint density at radius 2 is 2.00 bits per heavy atom. The Morgan fingerprint density at radius 1 is 1.22 bits per heavy atom. The molecule has 0 amide bonds. The number of benzene rings is 1. The average Bonchev–Trinajstić information content (AvgIpc) is 3.03. The first-order chi connectivity index (χ1) is 12.9. The zero-order chi connectivity index (χ0) is 19.6. The molecule has 140 valence electrons. The maximum absolute atomic E-state index is 14.3. The fourth-order valence-corrected chi connectivity index (χ4v) is 3.17. The number of hydrogen-bond acceptors (Lipinski definition) is 6. The molecule has 27 heavy (non-hydrogen) atoms. The van der Waals surface area contributed by atoms with Crippen LogP contribution in [0.1, 0.15) is 16.8 Å². The average molecular weight is 391 g/mol. The topological polar surface area (TPSA) is 95.3 Å². The van der Waals surface area contributed by atoms with Crippen LogP contribution in [0, 0.1) is 17.9 Å². The molecular formula is C18H15F2N3O3S. The number of carboxylic acid groups (broad SMARTS) is 1. The first kappa shape index (κ1) is 18.9. The number of anilines is 2. The van der Waals surface area contributed by atoms with Crippen LogP contribution in [0.3, 0.4) is 0 Å². The zero-order valence-corrected chi connectivity index (χ0v) is 15.0. The molecule has 0 atom stereocenters. The Kier molecular flexibility index (Phi) is 5.43. The molecule has 0 saturated heterocycles. The summed E-state index contributed by atoms with van der Waals surface area (Å²) in [6.45, 7) is 1.30. The highest BCUT2D eigenvalue weighted by Gasteiger charge is 2.16. The molecule has 0 saturated carbocycles. The predicted molar refractivity (Wildman–Crippen MR) is 97.0 cm³/mol. The Morgan fingerprint density at radius 3 is 2.59 bits per heavy atom. The van der Waals surface area contributed by atoms with Crippen molar-refractivity contribution in [3.05, 3.63) is 58.1 Å². The quantitative estimate of drug-likeness (QED) is 0.594. The van der Waals surface area contributed by atoms with E-state index in [0.29, 0.717) is 21.7 Å². The number of nitrogens with one attached hydrogen (secondary N) is 1. The monoisotopic (exact) mass is 391 g/mol. The Bertz CT molecular complexity index is 1010. The molecule has 3 N–H and O–H groups in total. The minimum Gasteiger partial charge on any atom is -0.481 e. The second-order valence-electron chi connectivity index (χ2n) is 5.73. The van der Waals surface area contributed by atoms with E-state index in [9.17, 15) is 18.7 Å². The summed E-state index contributed by atoms with van der Waals surface area (Å²) in [4.78, 5) is 19.8. The van der Waals surface area contributed by atoms with Crippen LogP contribution in [0.2, 0.25) is 0 Å². The largest absolute Gasteiger partial charge is 0.481 e.